The van der Waals surface area contributed by atoms with Crippen LogP contribution in [0.1, 0.15) is 34.7 Å². The molecule has 0 N–H and O–H groups in total. The Bertz CT molecular complexity index is 804. The molecule has 3 aromatic carbocycles. The molecule has 24 heavy (non-hydrogen) atoms. The van der Waals surface area contributed by atoms with Crippen LogP contribution in [0.2, 0.25) is 0 Å². The van der Waals surface area contributed by atoms with Gasteiger partial charge in [-0.1, -0.05) is 110 Å². The van der Waals surface area contributed by atoms with E-state index in [0.29, 0.717) is 0 Å². The minimum Gasteiger partial charge on any atom is -0.0622 e. The number of rotatable bonds is 5. The monoisotopic (exact) mass is 310 g/mol. The number of benzene rings is 3. The van der Waals surface area contributed by atoms with Crippen LogP contribution in [0.5, 0.6) is 0 Å². The van der Waals surface area contributed by atoms with Gasteiger partial charge in [0.15, 0.2) is 0 Å². The van der Waals surface area contributed by atoms with Gasteiger partial charge in [-0.3, -0.25) is 0 Å². The summed E-state index contributed by atoms with van der Waals surface area (Å²) in [5.74, 6) is 0. The van der Waals surface area contributed by atoms with Gasteiger partial charge in [0.25, 0.3) is 0 Å². The second-order valence-electron chi connectivity index (χ2n) is 5.84. The van der Waals surface area contributed by atoms with Crippen molar-refractivity contribution in [2.45, 2.75) is 13.3 Å². The molecule has 0 heterocycles. The summed E-state index contributed by atoms with van der Waals surface area (Å²) >= 11 is 0. The number of hydrogen-bond donors (Lipinski definition) is 0. The topological polar surface area (TPSA) is 0 Å². The van der Waals surface area contributed by atoms with Gasteiger partial charge in [0, 0.05) is 0 Å². The van der Waals surface area contributed by atoms with Gasteiger partial charge in [-0.05, 0) is 34.2 Å². The Morgan fingerprint density at radius 1 is 0.500 bits per heavy atom. The molecule has 0 aromatic heterocycles. The van der Waals surface area contributed by atoms with Crippen molar-refractivity contribution in [3.05, 3.63) is 107 Å². The fraction of sp³-hybridized carbons (Fsp3) is 0.0833. The molecule has 0 aliphatic carbocycles. The Morgan fingerprint density at radius 2 is 0.875 bits per heavy atom. The molecule has 0 saturated carbocycles. The minimum absolute atomic E-state index is 1.09. The Morgan fingerprint density at radius 3 is 1.29 bits per heavy atom. The first-order valence-electron chi connectivity index (χ1n) is 8.44. The third-order valence-electron chi connectivity index (χ3n) is 4.06. The maximum atomic E-state index is 2.19. The van der Waals surface area contributed by atoms with Crippen LogP contribution in [-0.2, 0) is 6.42 Å². The molecule has 118 valence electrons. The first kappa shape index (κ1) is 16.0. The Balaban J connectivity index is 1.65. The highest BCUT2D eigenvalue weighted by molar-refractivity contribution is 5.73. The summed E-state index contributed by atoms with van der Waals surface area (Å²) in [6.07, 6.45) is 9.69. The molecular weight excluding hydrogens is 288 g/mol. The van der Waals surface area contributed by atoms with Crippen molar-refractivity contribution >= 4 is 24.3 Å². The van der Waals surface area contributed by atoms with E-state index in [1.54, 1.807) is 0 Å². The van der Waals surface area contributed by atoms with Gasteiger partial charge in [0.1, 0.15) is 0 Å². The van der Waals surface area contributed by atoms with Crippen LogP contribution < -0.4 is 0 Å². The van der Waals surface area contributed by atoms with Crippen LogP contribution in [0.15, 0.2) is 78.9 Å². The predicted molar refractivity (Wildman–Crippen MR) is 107 cm³/mol. The Hall–Kier alpha value is -2.86. The lowest BCUT2D eigenvalue weighted by Gasteiger charge is -1.99. The minimum atomic E-state index is 1.09. The van der Waals surface area contributed by atoms with Gasteiger partial charge in [0.05, 0.1) is 0 Å². The first-order valence-corrected chi connectivity index (χ1v) is 8.44. The Kier molecular flexibility index (Phi) is 5.42. The van der Waals surface area contributed by atoms with Gasteiger partial charge in [-0.2, -0.15) is 0 Å². The van der Waals surface area contributed by atoms with E-state index in [4.69, 9.17) is 0 Å². The maximum Gasteiger partial charge on any atom is -0.0256 e. The van der Waals surface area contributed by atoms with Gasteiger partial charge in [-0.15, -0.1) is 0 Å². The number of hydrogen-bond acceptors (Lipinski definition) is 0. The van der Waals surface area contributed by atoms with E-state index in [-0.39, 0.29) is 0 Å². The lowest BCUT2D eigenvalue weighted by molar-refractivity contribution is 1.14. The van der Waals surface area contributed by atoms with Crippen molar-refractivity contribution in [2.75, 3.05) is 0 Å². The third kappa shape index (κ3) is 4.57. The zero-order valence-electron chi connectivity index (χ0n) is 14.0. The van der Waals surface area contributed by atoms with Crippen LogP contribution in [0.4, 0.5) is 0 Å². The zero-order chi connectivity index (χ0) is 16.6. The van der Waals surface area contributed by atoms with E-state index in [2.05, 4.69) is 104 Å². The lowest BCUT2D eigenvalue weighted by Crippen LogP contribution is -1.79. The average Bonchev–Trinajstić information content (AvgIpc) is 2.67. The van der Waals surface area contributed by atoms with Crippen molar-refractivity contribution in [1.82, 2.24) is 0 Å². The van der Waals surface area contributed by atoms with E-state index in [9.17, 15) is 0 Å². The molecule has 0 unspecified atom stereocenters. The second-order valence-corrected chi connectivity index (χ2v) is 5.84. The van der Waals surface area contributed by atoms with Crippen LogP contribution >= 0.6 is 0 Å². The highest BCUT2D eigenvalue weighted by Crippen LogP contribution is 2.13. The zero-order valence-corrected chi connectivity index (χ0v) is 14.0. The van der Waals surface area contributed by atoms with Crippen molar-refractivity contribution in [1.29, 1.82) is 0 Å². The smallest absolute Gasteiger partial charge is 0.0256 e. The van der Waals surface area contributed by atoms with Crippen LogP contribution in [0.3, 0.4) is 0 Å². The van der Waals surface area contributed by atoms with Crippen molar-refractivity contribution < 1.29 is 0 Å². The molecule has 0 heteroatoms. The third-order valence-corrected chi connectivity index (χ3v) is 4.06. The quantitative estimate of drug-likeness (QED) is 0.466. The van der Waals surface area contributed by atoms with Crippen LogP contribution in [0.25, 0.3) is 24.3 Å². The fourth-order valence-corrected chi connectivity index (χ4v) is 2.53. The molecule has 0 saturated heterocycles. The van der Waals surface area contributed by atoms with Crippen LogP contribution in [-0.4, -0.2) is 0 Å². The molecule has 0 amide bonds. The first-order chi connectivity index (χ1) is 11.8. The van der Waals surface area contributed by atoms with E-state index in [1.807, 2.05) is 6.07 Å². The predicted octanol–water partition coefficient (Wildman–Crippen LogP) is 6.59. The summed E-state index contributed by atoms with van der Waals surface area (Å²) < 4.78 is 0. The van der Waals surface area contributed by atoms with Crippen molar-refractivity contribution in [2.24, 2.45) is 0 Å². The van der Waals surface area contributed by atoms with Crippen LogP contribution in [0, 0.1) is 0 Å². The van der Waals surface area contributed by atoms with E-state index in [1.165, 1.54) is 27.8 Å². The normalized spacial score (nSPS) is 11.4. The Labute approximate surface area is 144 Å². The highest BCUT2D eigenvalue weighted by Gasteiger charge is 1.92. The summed E-state index contributed by atoms with van der Waals surface area (Å²) in [7, 11) is 0. The summed E-state index contributed by atoms with van der Waals surface area (Å²) in [5, 5.41) is 0. The van der Waals surface area contributed by atoms with E-state index in [0.717, 1.165) is 6.42 Å². The lowest BCUT2D eigenvalue weighted by atomic mass is 10.1. The van der Waals surface area contributed by atoms with Gasteiger partial charge >= 0.3 is 0 Å². The molecule has 0 radical (unpaired) electrons. The molecule has 0 aliphatic heterocycles. The summed E-state index contributed by atoms with van der Waals surface area (Å²) in [4.78, 5) is 0. The summed E-state index contributed by atoms with van der Waals surface area (Å²) in [5.41, 5.74) is 6.26. The molecule has 3 rings (SSSR count). The molecule has 0 nitrogen and oxygen atoms in total. The van der Waals surface area contributed by atoms with E-state index < -0.39 is 0 Å². The van der Waals surface area contributed by atoms with Crippen molar-refractivity contribution in [3.63, 3.8) is 0 Å². The van der Waals surface area contributed by atoms with Gasteiger partial charge in [-0.25, -0.2) is 0 Å². The molecule has 0 atom stereocenters. The van der Waals surface area contributed by atoms with Gasteiger partial charge < -0.3 is 0 Å². The summed E-state index contributed by atoms with van der Waals surface area (Å²) in [6.45, 7) is 2.18. The van der Waals surface area contributed by atoms with Gasteiger partial charge in [0.2, 0.25) is 0 Å². The molecule has 0 bridgehead atoms. The standard InChI is InChI=1S/C24H22/c1-2-20-8-10-22(11-9-20)14-15-24-18-16-23(17-19-24)13-12-21-6-4-3-5-7-21/h3-19H,2H2,1H3/b13-12+,15-14+. The molecule has 0 aliphatic rings. The fourth-order valence-electron chi connectivity index (χ4n) is 2.53. The van der Waals surface area contributed by atoms with Crippen molar-refractivity contribution in [3.8, 4) is 0 Å². The SMILES string of the molecule is CCc1ccc(/C=C/c2ccc(/C=C/c3ccccc3)cc2)cc1. The molecular formula is C24H22. The second kappa shape index (κ2) is 8.12. The molecule has 3 aromatic rings. The largest absolute Gasteiger partial charge is 0.0622 e. The summed E-state index contributed by atoms with van der Waals surface area (Å²) in [6, 6.07) is 27.7. The highest BCUT2D eigenvalue weighted by atomic mass is 14.0. The molecule has 0 fully saturated rings. The number of aryl methyl sites for hydroxylation is 1. The average molecular weight is 310 g/mol. The maximum absolute atomic E-state index is 2.19. The molecule has 0 spiro atoms. The van der Waals surface area contributed by atoms with E-state index >= 15 is 0 Å².